The Bertz CT molecular complexity index is 1530. The van der Waals surface area contributed by atoms with Crippen molar-refractivity contribution in [1.82, 2.24) is 14.6 Å². The van der Waals surface area contributed by atoms with Gasteiger partial charge in [0.05, 0.1) is 16.8 Å². The number of anilines is 1. The summed E-state index contributed by atoms with van der Waals surface area (Å²) in [5.41, 5.74) is 3.49. The number of benzene rings is 1. The first-order chi connectivity index (χ1) is 18.3. The fourth-order valence-corrected chi connectivity index (χ4v) is 6.32. The number of nitrogens with zero attached hydrogens (tertiary/aromatic N) is 4. The van der Waals surface area contributed by atoms with E-state index in [1.165, 1.54) is 11.5 Å². The predicted molar refractivity (Wildman–Crippen MR) is 145 cm³/mol. The van der Waals surface area contributed by atoms with E-state index in [9.17, 15) is 20.4 Å². The fraction of sp³-hybridized carbons (Fsp3) is 0.407. The molecule has 3 aromatic heterocycles. The molecular weight excluding hydrogens is 506 g/mol. The smallest absolute Gasteiger partial charge is 0.368 e. The first kappa shape index (κ1) is 25.1. The molecule has 2 aliphatic rings. The zero-order chi connectivity index (χ0) is 26.4. The van der Waals surface area contributed by atoms with Crippen molar-refractivity contribution in [3.05, 3.63) is 42.1 Å². The Kier molecular flexibility index (Phi) is 6.48. The molecule has 2 unspecified atom stereocenters. The van der Waals surface area contributed by atoms with Gasteiger partial charge in [0.2, 0.25) is 0 Å². The van der Waals surface area contributed by atoms with Crippen molar-refractivity contribution >= 4 is 50.3 Å². The zero-order valence-corrected chi connectivity index (χ0v) is 21.6. The maximum Gasteiger partial charge on any atom is 0.368 e. The number of hydrogen-bond acceptors (Lipinski definition) is 11. The van der Waals surface area contributed by atoms with E-state index in [0.717, 1.165) is 59.0 Å². The molecule has 2 atom stereocenters. The van der Waals surface area contributed by atoms with E-state index in [-0.39, 0.29) is 23.5 Å². The van der Waals surface area contributed by atoms with Crippen molar-refractivity contribution in [1.29, 1.82) is 0 Å². The van der Waals surface area contributed by atoms with Gasteiger partial charge >= 0.3 is 6.10 Å². The van der Waals surface area contributed by atoms with Crippen molar-refractivity contribution < 1.29 is 24.8 Å². The highest BCUT2D eigenvalue weighted by atomic mass is 32.1. The van der Waals surface area contributed by atoms with Crippen molar-refractivity contribution in [3.63, 3.8) is 0 Å². The molecule has 5 N–H and O–H groups in total. The van der Waals surface area contributed by atoms with E-state index >= 15 is 0 Å². The predicted octanol–water partition coefficient (Wildman–Crippen LogP) is 3.91. The van der Waals surface area contributed by atoms with E-state index < -0.39 is 6.10 Å². The molecule has 0 amide bonds. The Hall–Kier alpha value is -3.22. The van der Waals surface area contributed by atoms with E-state index in [1.54, 1.807) is 6.20 Å². The summed E-state index contributed by atoms with van der Waals surface area (Å²) in [7, 11) is 0. The highest BCUT2D eigenvalue weighted by Crippen LogP contribution is 2.40. The molecule has 0 saturated heterocycles. The minimum atomic E-state index is -3.17. The quantitative estimate of drug-likeness (QED) is 0.231. The van der Waals surface area contributed by atoms with Crippen molar-refractivity contribution in [2.24, 2.45) is 16.8 Å². The third-order valence-electron chi connectivity index (χ3n) is 7.77. The molecule has 1 aliphatic heterocycles. The number of hydrogen-bond donors (Lipinski definition) is 5. The third kappa shape index (κ3) is 4.83. The van der Waals surface area contributed by atoms with Gasteiger partial charge in [-0.25, -0.2) is 4.98 Å². The molecule has 6 rings (SSSR count). The first-order valence-electron chi connectivity index (χ1n) is 12.8. The van der Waals surface area contributed by atoms with Gasteiger partial charge in [0.25, 0.3) is 0 Å². The largest absolute Gasteiger partial charge is 0.452 e. The Balaban J connectivity index is 1.35. The third-order valence-corrected chi connectivity index (χ3v) is 8.55. The number of dihydropyridines is 1. The van der Waals surface area contributed by atoms with Crippen LogP contribution in [0.15, 0.2) is 45.9 Å². The lowest BCUT2D eigenvalue weighted by atomic mass is 9.75. The number of aliphatic imine (C=N–C) groups is 1. The molecule has 10 nitrogen and oxygen atoms in total. The van der Waals surface area contributed by atoms with Crippen molar-refractivity contribution in [3.8, 4) is 11.3 Å². The molecule has 1 fully saturated rings. The molecule has 4 aromatic rings. The van der Waals surface area contributed by atoms with Crippen molar-refractivity contribution in [2.75, 3.05) is 5.32 Å². The van der Waals surface area contributed by atoms with Gasteiger partial charge in [0, 0.05) is 28.9 Å². The molecule has 1 aliphatic carbocycles. The number of furan rings is 1. The fourth-order valence-electron chi connectivity index (χ4n) is 5.64. The molecule has 1 aromatic carbocycles. The maximum absolute atomic E-state index is 9.86. The summed E-state index contributed by atoms with van der Waals surface area (Å²) in [5.74, 6) is 1.50. The Morgan fingerprint density at radius 2 is 1.95 bits per heavy atom. The summed E-state index contributed by atoms with van der Waals surface area (Å²) in [6.45, 7) is 2.26. The second-order valence-corrected chi connectivity index (χ2v) is 11.0. The van der Waals surface area contributed by atoms with Gasteiger partial charge in [-0.2, -0.15) is 0 Å². The van der Waals surface area contributed by atoms with Gasteiger partial charge < -0.3 is 24.8 Å². The van der Waals surface area contributed by atoms with Crippen LogP contribution in [0.1, 0.15) is 44.6 Å². The van der Waals surface area contributed by atoms with E-state index in [1.807, 2.05) is 30.5 Å². The van der Waals surface area contributed by atoms with Crippen LogP contribution in [0.3, 0.4) is 0 Å². The number of nitrogens with one attached hydrogen (secondary N) is 1. The molecule has 198 valence electrons. The van der Waals surface area contributed by atoms with Crippen LogP contribution in [0.4, 0.5) is 5.82 Å². The second kappa shape index (κ2) is 9.83. The minimum absolute atomic E-state index is 0.0172. The Morgan fingerprint density at radius 1 is 1.13 bits per heavy atom. The zero-order valence-electron chi connectivity index (χ0n) is 20.8. The highest BCUT2D eigenvalue weighted by molar-refractivity contribution is 7.13. The van der Waals surface area contributed by atoms with Crippen LogP contribution in [0.2, 0.25) is 0 Å². The molecule has 38 heavy (non-hydrogen) atoms. The summed E-state index contributed by atoms with van der Waals surface area (Å²) < 4.78 is 11.1. The molecule has 0 radical (unpaired) electrons. The molecule has 1 saturated carbocycles. The highest BCUT2D eigenvalue weighted by Gasteiger charge is 2.30. The van der Waals surface area contributed by atoms with Crippen LogP contribution in [0, 0.1) is 11.8 Å². The van der Waals surface area contributed by atoms with Crippen LogP contribution in [-0.2, 0) is 0 Å². The standard InChI is InChI=1S/C27H29N5O5S/c1-14(15-5-8-17(33)9-6-15)21-10-7-16(12-28-21)20-13-29-26(30-27(34,35)36)24-19(20)11-23(37-24)18-3-2-4-22-25(18)38-32-31-22/h2-4,7,11-15,17,21,33-36H,5-6,8-10H2,1H3,(H,29,30). The topological polar surface area (TPSA) is 157 Å². The number of fused-ring (bicyclic) bond motifs is 2. The van der Waals surface area contributed by atoms with Crippen LogP contribution >= 0.6 is 11.5 Å². The molecule has 0 bridgehead atoms. The Labute approximate surface area is 222 Å². The average molecular weight is 536 g/mol. The van der Waals surface area contributed by atoms with Gasteiger partial charge in [0.1, 0.15) is 11.3 Å². The summed E-state index contributed by atoms with van der Waals surface area (Å²) in [5, 5.41) is 45.5. The van der Waals surface area contributed by atoms with Gasteiger partial charge in [-0.05, 0) is 79.2 Å². The number of pyridine rings is 1. The molecule has 11 heteroatoms. The van der Waals surface area contributed by atoms with Crippen LogP contribution in [-0.4, -0.2) is 59.5 Å². The second-order valence-electron chi connectivity index (χ2n) is 10.2. The number of aliphatic hydroxyl groups excluding tert-OH is 1. The van der Waals surface area contributed by atoms with Crippen LogP contribution < -0.4 is 5.32 Å². The first-order valence-corrected chi connectivity index (χ1v) is 13.6. The van der Waals surface area contributed by atoms with Crippen LogP contribution in [0.25, 0.3) is 38.1 Å². The lowest BCUT2D eigenvalue weighted by molar-refractivity contribution is -0.289. The molecule has 4 heterocycles. The SMILES string of the molecule is CC(C1CCC(O)CC1)C1CC=C(c2cnc(NC(O)(O)O)c3oc(-c4cccc5nnsc45)cc23)C=N1. The molecular formula is C27H29N5O5S. The van der Waals surface area contributed by atoms with Gasteiger partial charge in [-0.1, -0.05) is 23.6 Å². The normalized spacial score (nSPS) is 23.1. The van der Waals surface area contributed by atoms with Gasteiger partial charge in [-0.3, -0.25) is 10.3 Å². The van der Waals surface area contributed by atoms with E-state index in [2.05, 4.69) is 32.9 Å². The molecule has 0 spiro atoms. The minimum Gasteiger partial charge on any atom is -0.452 e. The summed E-state index contributed by atoms with van der Waals surface area (Å²) >= 11 is 1.26. The summed E-state index contributed by atoms with van der Waals surface area (Å²) in [4.78, 5) is 9.23. The monoisotopic (exact) mass is 535 g/mol. The lowest BCUT2D eigenvalue weighted by Gasteiger charge is -2.34. The van der Waals surface area contributed by atoms with Gasteiger partial charge in [-0.15, -0.1) is 5.10 Å². The summed E-state index contributed by atoms with van der Waals surface area (Å²) in [6, 6.07) is 7.70. The van der Waals surface area contributed by atoms with E-state index in [0.29, 0.717) is 23.0 Å². The average Bonchev–Trinajstić information content (AvgIpc) is 3.56. The van der Waals surface area contributed by atoms with E-state index in [4.69, 9.17) is 9.41 Å². The summed E-state index contributed by atoms with van der Waals surface area (Å²) in [6.07, 6.45) is 6.89. The van der Waals surface area contributed by atoms with Crippen LogP contribution in [0.5, 0.6) is 0 Å². The Morgan fingerprint density at radius 3 is 2.68 bits per heavy atom. The van der Waals surface area contributed by atoms with Gasteiger partial charge in [0.15, 0.2) is 11.4 Å². The number of aliphatic hydroxyl groups is 4. The lowest BCUT2D eigenvalue weighted by Crippen LogP contribution is -2.37. The maximum atomic E-state index is 9.86. The number of aromatic nitrogens is 3. The number of allylic oxidation sites excluding steroid dienone is 1. The van der Waals surface area contributed by atoms with Crippen molar-refractivity contribution in [2.45, 2.75) is 57.3 Å². The number of rotatable bonds is 6.